The standard InChI is InChI=1S/2C21H23F2N9O9P2S2.C21H24FN9O9P2S2/c2*22-10-8-3-36-42(34,44)40-14-9(39-19(11(14)23)31-5-27-12-7(24)1-2-26-16(12)31)4-37-43(35,45)41-15(10)20(38-8)32-6-28-13-17(32)29-21(25)30-18(13)33;22-14-13-6-36-41(33,43)39-11-3-10(9-4-25-17-8(23)1-2-27-31(9)17)37-12(11)5-35-42(34,44)40-16(14)20(38-13)30-7-26-15-18(30)28-21(24)29-19(15)32/h2*1-2,5-6,8-11,14-15,19-20H,3-4H2,(H2,24,26)(H,34,44)(H,35,45)(H3,25,29,30,33);1-2,4,7,10-14,16,20H,3,5-6,23H2,(H,33,43)(H,34,44)(H3,24,28,29,32)/t2*8-,9-,10-,11+,14-,15-,19-,20-,42?,43?;10-,11+,12-,13-,14-,16-,20-,41?,42?/m111/s1. The van der Waals surface area contributed by atoms with Crippen LogP contribution in [0, 0.1) is 0 Å². The molecule has 12 aromatic heterocycles. The van der Waals surface area contributed by atoms with Crippen molar-refractivity contribution in [3.8, 4) is 0 Å². The van der Waals surface area contributed by atoms with Gasteiger partial charge in [-0.25, -0.2) is 70.9 Å². The molecular weight excluding hydrogens is 2040 g/mol. The van der Waals surface area contributed by atoms with Crippen molar-refractivity contribution in [1.82, 2.24) is 102 Å². The average molecular weight is 2110 g/mol. The minimum Gasteiger partial charge on any atom is -0.397 e. The van der Waals surface area contributed by atoms with Gasteiger partial charge in [0.1, 0.15) is 84.3 Å². The molecule has 9 fully saturated rings. The maximum atomic E-state index is 16.0. The van der Waals surface area contributed by atoms with Crippen LogP contribution in [-0.2, 0) is 146 Å². The van der Waals surface area contributed by atoms with Crippen molar-refractivity contribution in [3.63, 3.8) is 0 Å². The molecule has 0 aliphatic carbocycles. The molecule has 29 atom stereocenters. The third-order valence-electron chi connectivity index (χ3n) is 22.0. The molecule has 21 heterocycles. The third-order valence-corrected chi connectivity index (χ3v) is 31.4. The summed E-state index contributed by atoms with van der Waals surface area (Å²) in [5.41, 5.74) is 35.3. The van der Waals surface area contributed by atoms with E-state index >= 15 is 22.0 Å². The summed E-state index contributed by atoms with van der Waals surface area (Å²) in [6, 6.07) is 4.64. The van der Waals surface area contributed by atoms with Crippen LogP contribution < -0.4 is 51.1 Å². The SMILES string of the molecule is Nc1nc2c(ncn2[C@@H]2O[C@@H]3COP(=O)(S)O[C@H]4[C@H](F)[C@H](n5cnc6c(N)ccnc65)O[C@@H]4COP(O)(=S)O[C@@H]2[C@@H]3F)c(=O)[nH]1.Nc1nc2c(ncn2[C@@H]2O[C@@H]3COP(O)(=S)O[C@H]4C[C@H](c5cnc6c(N)ccnn56)O[C@@H]4COP(O)(=S)O[C@@H]2[C@@H]3F)c(=O)[nH]1.Nc1nc2c(ncn2[C@@H]2O[C@@H]3COP(O)(=S)O[C@H]4[C@H](F)[C@H](n5cnc6c(N)ccnc65)O[C@@H]4COP(O)(=S)O[C@@H]2[C@@H]3F)c(=O)[nH]1. The number of nitrogens with one attached hydrogen (secondary N) is 3. The second-order valence-electron chi connectivity index (χ2n) is 30.5. The Hall–Kier alpha value is -7.73. The van der Waals surface area contributed by atoms with E-state index in [1.165, 1.54) is 67.9 Å². The first-order valence-electron chi connectivity index (χ1n) is 39.0. The minimum atomic E-state index is -4.44. The molecule has 6 unspecified atom stereocenters. The van der Waals surface area contributed by atoms with Crippen molar-refractivity contribution in [1.29, 1.82) is 0 Å². The summed E-state index contributed by atoms with van der Waals surface area (Å²) < 4.78 is 202. The van der Waals surface area contributed by atoms with Crippen molar-refractivity contribution in [2.45, 2.75) is 148 Å². The summed E-state index contributed by atoms with van der Waals surface area (Å²) in [6.45, 7) is -29.4. The molecule has 134 heavy (non-hydrogen) atoms. The molecule has 0 saturated carbocycles. The van der Waals surface area contributed by atoms with Crippen molar-refractivity contribution in [3.05, 3.63) is 111 Å². The monoisotopic (exact) mass is 2110 g/mol. The van der Waals surface area contributed by atoms with Gasteiger partial charge in [0.15, 0.2) is 112 Å². The van der Waals surface area contributed by atoms with E-state index in [-0.39, 0.29) is 80.3 Å². The lowest BCUT2D eigenvalue weighted by molar-refractivity contribution is -0.0599. The van der Waals surface area contributed by atoms with E-state index in [9.17, 15) is 43.4 Å². The van der Waals surface area contributed by atoms with Crippen molar-refractivity contribution in [2.24, 2.45) is 0 Å². The van der Waals surface area contributed by atoms with Crippen molar-refractivity contribution >= 4 is 208 Å². The number of nitrogen functional groups attached to an aromatic ring is 6. The van der Waals surface area contributed by atoms with Gasteiger partial charge in [0.25, 0.3) is 16.7 Å². The first-order valence-corrected chi connectivity index (χ1v) is 54.6. The van der Waals surface area contributed by atoms with Gasteiger partial charge in [0.05, 0.1) is 113 Å². The van der Waals surface area contributed by atoms with E-state index in [1.807, 2.05) is 0 Å². The molecule has 0 amide bonds. The Morgan fingerprint density at radius 2 is 0.709 bits per heavy atom. The van der Waals surface area contributed by atoms with E-state index in [0.717, 1.165) is 21.8 Å². The lowest BCUT2D eigenvalue weighted by Crippen LogP contribution is -2.34. The predicted octanol–water partition coefficient (Wildman–Crippen LogP) is 2.07. The van der Waals surface area contributed by atoms with E-state index in [1.54, 1.807) is 12.3 Å². The number of fused-ring (bicyclic) bond motifs is 15. The van der Waals surface area contributed by atoms with Gasteiger partial charge in [-0.2, -0.15) is 20.1 Å². The summed E-state index contributed by atoms with van der Waals surface area (Å²) in [4.78, 5) is 144. The molecule has 0 aromatic carbocycles. The Labute approximate surface area is 772 Å². The number of hydrogen-bond donors (Lipinski definition) is 15. The molecule has 9 saturated heterocycles. The highest BCUT2D eigenvalue weighted by atomic mass is 32.7. The quantitative estimate of drug-likeness (QED) is 0.0643. The second-order valence-corrected chi connectivity index (χ2v) is 47.3. The number of H-pyrrole nitrogens is 3. The average Bonchev–Trinajstić information content (AvgIpc) is 1.61. The Bertz CT molecular complexity index is 6830. The molecule has 20 N–H and O–H groups in total. The number of alkyl halides is 5. The lowest BCUT2D eigenvalue weighted by atomic mass is 10.1. The van der Waals surface area contributed by atoms with E-state index in [2.05, 4.69) is 87.1 Å². The smallest absolute Gasteiger partial charge is 0.386 e. The Morgan fingerprint density at radius 3 is 1.12 bits per heavy atom. The van der Waals surface area contributed by atoms with Gasteiger partial charge in [-0.1, -0.05) is 12.2 Å². The van der Waals surface area contributed by atoms with E-state index in [4.69, 9.17) is 176 Å². The van der Waals surface area contributed by atoms with Crippen LogP contribution >= 0.6 is 52.6 Å². The molecule has 0 radical (unpaired) electrons. The molecular formula is C63H70F5N27O27P6S6. The summed E-state index contributed by atoms with van der Waals surface area (Å²) in [6.07, 6.45) is -23.2. The van der Waals surface area contributed by atoms with Crippen LogP contribution in [-0.4, -0.2) is 270 Å². The van der Waals surface area contributed by atoms with Gasteiger partial charge >= 0.3 is 40.4 Å². The molecule has 21 rings (SSSR count). The first kappa shape index (κ1) is 95.2. The van der Waals surface area contributed by atoms with Crippen LogP contribution in [0.15, 0.2) is 89.0 Å². The Morgan fingerprint density at radius 1 is 0.373 bits per heavy atom. The van der Waals surface area contributed by atoms with Gasteiger partial charge in [0.2, 0.25) is 17.8 Å². The number of nitrogens with zero attached hydrogens (tertiary/aromatic N) is 18. The van der Waals surface area contributed by atoms with Crippen LogP contribution in [0.25, 0.3) is 61.5 Å². The molecule has 9 aliphatic rings. The Kier molecular flexibility index (Phi) is 25.9. The van der Waals surface area contributed by atoms with Gasteiger partial charge in [0, 0.05) is 18.8 Å². The van der Waals surface area contributed by atoms with Crippen LogP contribution in [0.4, 0.5) is 56.9 Å². The summed E-state index contributed by atoms with van der Waals surface area (Å²) in [7, 11) is 0. The molecule has 12 aromatic rings. The number of imidazole rings is 6. The largest absolute Gasteiger partial charge is 0.397 e. The molecule has 6 bridgehead atoms. The van der Waals surface area contributed by atoms with Gasteiger partial charge in [-0.05, 0) is 77.2 Å². The Balaban J connectivity index is 0.000000129. The highest BCUT2D eigenvalue weighted by Gasteiger charge is 2.59. The molecule has 720 valence electrons. The zero-order valence-corrected chi connectivity index (χ0v) is 77.3. The normalized spacial score (nSPS) is 37.3. The number of pyridine rings is 2. The zero-order valence-electron chi connectivity index (χ0n) is 67.0. The number of thiol groups is 1. The van der Waals surface area contributed by atoms with Crippen molar-refractivity contribution in [2.75, 3.05) is 74.0 Å². The topological polar surface area (TPSA) is 723 Å². The molecule has 54 nitrogen and oxygen atoms in total. The van der Waals surface area contributed by atoms with E-state index in [0.29, 0.717) is 28.2 Å². The number of anilines is 6. The van der Waals surface area contributed by atoms with Crippen LogP contribution in [0.3, 0.4) is 0 Å². The van der Waals surface area contributed by atoms with Crippen LogP contribution in [0.1, 0.15) is 49.4 Å². The fourth-order valence-corrected chi connectivity index (χ4v) is 24.6. The summed E-state index contributed by atoms with van der Waals surface area (Å²) >= 11 is 29.9. The van der Waals surface area contributed by atoms with Crippen molar-refractivity contribution < 1.29 is 134 Å². The first-order chi connectivity index (χ1) is 63.5. The summed E-state index contributed by atoms with van der Waals surface area (Å²) in [5, 5.41) is 4.28. The number of hydrogen-bond acceptors (Lipinski definition) is 45. The number of halogens is 5. The predicted molar refractivity (Wildman–Crippen MR) is 469 cm³/mol. The number of rotatable bonds is 6. The van der Waals surface area contributed by atoms with Crippen LogP contribution in [0.2, 0.25) is 0 Å². The second kappa shape index (κ2) is 36.5. The number of aromatic amines is 3. The lowest BCUT2D eigenvalue weighted by Gasteiger charge is -2.27. The van der Waals surface area contributed by atoms with Crippen LogP contribution in [0.5, 0.6) is 0 Å². The minimum absolute atomic E-state index is 0.0422. The fourth-order valence-electron chi connectivity index (χ4n) is 16.0. The van der Waals surface area contributed by atoms with Gasteiger partial charge in [-0.3, -0.25) is 79.3 Å². The maximum Gasteiger partial charge on any atom is 0.386 e. The molecule has 0 spiro atoms. The number of aromatic nitrogens is 21. The highest BCUT2D eigenvalue weighted by molar-refractivity contribution is 8.44. The summed E-state index contributed by atoms with van der Waals surface area (Å²) in [5.74, 6) is -0.735. The van der Waals surface area contributed by atoms with E-state index < -0.39 is 238 Å². The van der Waals surface area contributed by atoms with Gasteiger partial charge in [-0.15, -0.1) is 0 Å². The molecule has 9 aliphatic heterocycles. The maximum absolute atomic E-state index is 16.0. The van der Waals surface area contributed by atoms with Gasteiger partial charge < -0.3 is 114 Å². The highest BCUT2D eigenvalue weighted by Crippen LogP contribution is 2.61. The number of ether oxygens (including phenoxy) is 6. The number of nitrogens with two attached hydrogens (primary N) is 6. The zero-order chi connectivity index (χ0) is 94.6. The fraction of sp³-hybridized carbons (Fsp3) is 0.476. The molecule has 71 heteroatoms. The third kappa shape index (κ3) is 18.6.